The van der Waals surface area contributed by atoms with Crippen molar-refractivity contribution in [3.8, 4) is 0 Å². The molecule has 0 heterocycles. The Balaban J connectivity index is 2.68. The number of carboxylic acid groups (broad SMARTS) is 1. The first-order valence-corrected chi connectivity index (χ1v) is 5.37. The Labute approximate surface area is 101 Å². The van der Waals surface area contributed by atoms with Gasteiger partial charge in [0.25, 0.3) is 0 Å². The number of hydrogen-bond acceptors (Lipinski definition) is 3. The van der Waals surface area contributed by atoms with Gasteiger partial charge in [0.1, 0.15) is 0 Å². The van der Waals surface area contributed by atoms with Crippen molar-refractivity contribution in [2.75, 3.05) is 6.54 Å². The van der Waals surface area contributed by atoms with Gasteiger partial charge in [0.15, 0.2) is 6.29 Å². The fraction of sp³-hybridized carbons (Fsp3) is 0.300. The molecule has 16 heavy (non-hydrogen) atoms. The van der Waals surface area contributed by atoms with Gasteiger partial charge in [-0.05, 0) is 17.7 Å². The van der Waals surface area contributed by atoms with Gasteiger partial charge in [-0.2, -0.15) is 0 Å². The van der Waals surface area contributed by atoms with Crippen LogP contribution in [0.3, 0.4) is 0 Å². The molecule has 0 saturated carbocycles. The van der Waals surface area contributed by atoms with Gasteiger partial charge in [0.2, 0.25) is 0 Å². The number of hydrogen-bond donors (Lipinski definition) is 3. The van der Waals surface area contributed by atoms with Crippen LogP contribution in [0.5, 0.6) is 0 Å². The Morgan fingerprint density at radius 3 is 2.31 bits per heavy atom. The molecule has 1 rings (SSSR count). The Kier molecular flexibility index (Phi) is 4.72. The first-order chi connectivity index (χ1) is 7.49. The molecule has 1 aromatic carbocycles. The summed E-state index contributed by atoms with van der Waals surface area (Å²) in [5.41, 5.74) is 0.784. The highest BCUT2D eigenvalue weighted by molar-refractivity contribution is 9.10. The van der Waals surface area contributed by atoms with Crippen LogP contribution in [0.1, 0.15) is 5.56 Å². The molecule has 0 aliphatic heterocycles. The second-order valence-corrected chi connectivity index (χ2v) is 4.19. The number of amides is 1. The standard InChI is InChI=1S/C10H12BrNO4/c11-8-3-1-7(2-4-8)5-12(10(15)16)6-9(13)14/h1-4,9,13-14H,5-6H2,(H,15,16). The van der Waals surface area contributed by atoms with E-state index in [0.29, 0.717) is 0 Å². The van der Waals surface area contributed by atoms with Gasteiger partial charge >= 0.3 is 6.09 Å². The second-order valence-electron chi connectivity index (χ2n) is 3.27. The Morgan fingerprint density at radius 1 is 1.31 bits per heavy atom. The first-order valence-electron chi connectivity index (χ1n) is 4.57. The van der Waals surface area contributed by atoms with Crippen molar-refractivity contribution >= 4 is 22.0 Å². The minimum Gasteiger partial charge on any atom is -0.465 e. The van der Waals surface area contributed by atoms with E-state index in [-0.39, 0.29) is 13.1 Å². The summed E-state index contributed by atoms with van der Waals surface area (Å²) < 4.78 is 0.903. The smallest absolute Gasteiger partial charge is 0.407 e. The first kappa shape index (κ1) is 13.0. The maximum Gasteiger partial charge on any atom is 0.407 e. The average Bonchev–Trinajstić information content (AvgIpc) is 2.19. The molecule has 0 aromatic heterocycles. The summed E-state index contributed by atoms with van der Waals surface area (Å²) in [5, 5.41) is 26.3. The largest absolute Gasteiger partial charge is 0.465 e. The van der Waals surface area contributed by atoms with Crippen LogP contribution in [0.4, 0.5) is 4.79 Å². The van der Waals surface area contributed by atoms with Gasteiger partial charge in [0.05, 0.1) is 6.54 Å². The van der Waals surface area contributed by atoms with Crippen LogP contribution in [-0.2, 0) is 6.54 Å². The molecule has 3 N–H and O–H groups in total. The molecular formula is C10H12BrNO4. The van der Waals surface area contributed by atoms with Gasteiger partial charge in [-0.1, -0.05) is 28.1 Å². The molecule has 0 saturated heterocycles. The second kappa shape index (κ2) is 5.83. The normalized spacial score (nSPS) is 10.5. The van der Waals surface area contributed by atoms with Crippen molar-refractivity contribution in [2.24, 2.45) is 0 Å². The summed E-state index contributed by atoms with van der Waals surface area (Å²) in [4.78, 5) is 11.7. The van der Waals surface area contributed by atoms with Crippen LogP contribution in [0.25, 0.3) is 0 Å². The number of halogens is 1. The van der Waals surface area contributed by atoms with Crippen LogP contribution in [0.2, 0.25) is 0 Å². The van der Waals surface area contributed by atoms with E-state index in [1.807, 2.05) is 0 Å². The third-order valence-corrected chi connectivity index (χ3v) is 2.47. The summed E-state index contributed by atoms with van der Waals surface area (Å²) in [6.45, 7) is -0.203. The number of aliphatic hydroxyl groups excluding tert-OH is 1. The third-order valence-electron chi connectivity index (χ3n) is 1.94. The molecular weight excluding hydrogens is 278 g/mol. The SMILES string of the molecule is O=C(O)N(Cc1ccc(Br)cc1)CC(O)O. The molecule has 0 unspecified atom stereocenters. The number of benzene rings is 1. The van der Waals surface area contributed by atoms with Crippen molar-refractivity contribution in [3.05, 3.63) is 34.3 Å². The van der Waals surface area contributed by atoms with Crippen LogP contribution < -0.4 is 0 Å². The van der Waals surface area contributed by atoms with E-state index in [1.54, 1.807) is 24.3 Å². The van der Waals surface area contributed by atoms with E-state index in [2.05, 4.69) is 15.9 Å². The Morgan fingerprint density at radius 2 is 1.88 bits per heavy atom. The van der Waals surface area contributed by atoms with E-state index in [1.165, 1.54) is 0 Å². The molecule has 0 fully saturated rings. The molecule has 0 aliphatic carbocycles. The lowest BCUT2D eigenvalue weighted by Gasteiger charge is -2.20. The predicted octanol–water partition coefficient (Wildman–Crippen LogP) is 1.24. The lowest BCUT2D eigenvalue weighted by atomic mass is 10.2. The quantitative estimate of drug-likeness (QED) is 0.729. The summed E-state index contributed by atoms with van der Waals surface area (Å²) in [6.07, 6.45) is -2.84. The monoisotopic (exact) mass is 289 g/mol. The lowest BCUT2D eigenvalue weighted by Crippen LogP contribution is -2.35. The Hall–Kier alpha value is -1.11. The van der Waals surface area contributed by atoms with Gasteiger partial charge in [-0.15, -0.1) is 0 Å². The molecule has 0 spiro atoms. The minimum absolute atomic E-state index is 0.125. The molecule has 0 atom stereocenters. The van der Waals surface area contributed by atoms with Gasteiger partial charge in [0, 0.05) is 11.0 Å². The number of rotatable bonds is 4. The lowest BCUT2D eigenvalue weighted by molar-refractivity contribution is -0.0586. The predicted molar refractivity (Wildman–Crippen MR) is 60.8 cm³/mol. The van der Waals surface area contributed by atoms with Crippen LogP contribution >= 0.6 is 15.9 Å². The number of aliphatic hydroxyl groups is 2. The summed E-state index contributed by atoms with van der Waals surface area (Å²) in [5.74, 6) is 0. The van der Waals surface area contributed by atoms with Crippen LogP contribution in [0, 0.1) is 0 Å². The highest BCUT2D eigenvalue weighted by Crippen LogP contribution is 2.12. The fourth-order valence-electron chi connectivity index (χ4n) is 1.22. The zero-order valence-corrected chi connectivity index (χ0v) is 9.96. The maximum atomic E-state index is 10.8. The zero-order valence-electron chi connectivity index (χ0n) is 8.38. The molecule has 88 valence electrons. The van der Waals surface area contributed by atoms with Crippen LogP contribution in [0.15, 0.2) is 28.7 Å². The van der Waals surface area contributed by atoms with Crippen LogP contribution in [-0.4, -0.2) is 39.1 Å². The zero-order chi connectivity index (χ0) is 12.1. The fourth-order valence-corrected chi connectivity index (χ4v) is 1.48. The van der Waals surface area contributed by atoms with Gasteiger partial charge in [-0.3, -0.25) is 4.90 Å². The molecule has 0 aliphatic rings. The van der Waals surface area contributed by atoms with Crippen molar-refractivity contribution in [1.82, 2.24) is 4.90 Å². The average molecular weight is 290 g/mol. The molecule has 1 amide bonds. The molecule has 0 bridgehead atoms. The molecule has 5 nitrogen and oxygen atoms in total. The number of nitrogens with zero attached hydrogens (tertiary/aromatic N) is 1. The van der Waals surface area contributed by atoms with Crippen molar-refractivity contribution in [3.63, 3.8) is 0 Å². The van der Waals surface area contributed by atoms with Crippen molar-refractivity contribution in [1.29, 1.82) is 0 Å². The summed E-state index contributed by atoms with van der Waals surface area (Å²) in [7, 11) is 0. The molecule has 1 aromatic rings. The van der Waals surface area contributed by atoms with E-state index in [0.717, 1.165) is 14.9 Å². The topological polar surface area (TPSA) is 81.0 Å². The summed E-state index contributed by atoms with van der Waals surface area (Å²) in [6, 6.07) is 7.13. The highest BCUT2D eigenvalue weighted by Gasteiger charge is 2.15. The van der Waals surface area contributed by atoms with Gasteiger partial charge in [-0.25, -0.2) is 4.79 Å². The van der Waals surface area contributed by atoms with Gasteiger partial charge < -0.3 is 15.3 Å². The highest BCUT2D eigenvalue weighted by atomic mass is 79.9. The molecule has 6 heteroatoms. The minimum atomic E-state index is -1.66. The maximum absolute atomic E-state index is 10.8. The summed E-state index contributed by atoms with van der Waals surface area (Å²) >= 11 is 3.27. The van der Waals surface area contributed by atoms with E-state index >= 15 is 0 Å². The third kappa shape index (κ3) is 4.18. The number of carbonyl (C=O) groups is 1. The molecule has 0 radical (unpaired) electrons. The van der Waals surface area contributed by atoms with E-state index in [4.69, 9.17) is 15.3 Å². The van der Waals surface area contributed by atoms with Crippen molar-refractivity contribution in [2.45, 2.75) is 12.8 Å². The van der Waals surface area contributed by atoms with Crippen molar-refractivity contribution < 1.29 is 20.1 Å². The Bertz CT molecular complexity index is 352. The van der Waals surface area contributed by atoms with E-state index < -0.39 is 12.4 Å². The van der Waals surface area contributed by atoms with E-state index in [9.17, 15) is 4.79 Å².